The van der Waals surface area contributed by atoms with Crippen molar-refractivity contribution in [2.24, 2.45) is 0 Å². The van der Waals surface area contributed by atoms with Crippen molar-refractivity contribution in [1.82, 2.24) is 25.6 Å². The fourth-order valence-corrected chi connectivity index (χ4v) is 3.20. The molecule has 0 aliphatic heterocycles. The fourth-order valence-electron chi connectivity index (χ4n) is 2.51. The van der Waals surface area contributed by atoms with E-state index < -0.39 is 5.91 Å². The summed E-state index contributed by atoms with van der Waals surface area (Å²) in [5.74, 6) is -0.759. The molecule has 0 bridgehead atoms. The minimum Gasteiger partial charge on any atom is -0.360 e. The lowest BCUT2D eigenvalue weighted by Crippen LogP contribution is -2.43. The first-order chi connectivity index (χ1) is 11.8. The first kappa shape index (κ1) is 17.7. The van der Waals surface area contributed by atoms with Gasteiger partial charge in [-0.25, -0.2) is 0 Å². The zero-order valence-electron chi connectivity index (χ0n) is 13.5. The van der Waals surface area contributed by atoms with Crippen LogP contribution in [-0.2, 0) is 11.3 Å². The van der Waals surface area contributed by atoms with Gasteiger partial charge in [-0.05, 0) is 63.9 Å². The summed E-state index contributed by atoms with van der Waals surface area (Å²) in [7, 11) is 0. The van der Waals surface area contributed by atoms with Gasteiger partial charge in [0.15, 0.2) is 0 Å². The number of halogens is 2. The van der Waals surface area contributed by atoms with E-state index >= 15 is 0 Å². The average Bonchev–Trinajstić information content (AvgIpc) is 3.08. The summed E-state index contributed by atoms with van der Waals surface area (Å²) in [4.78, 5) is 27.4. The van der Waals surface area contributed by atoms with Crippen LogP contribution in [0, 0.1) is 13.8 Å². The van der Waals surface area contributed by atoms with Gasteiger partial charge in [0, 0.05) is 31.7 Å². The largest absolute Gasteiger partial charge is 0.360 e. The molecule has 0 saturated heterocycles. The minimum atomic E-state index is -0.401. The van der Waals surface area contributed by atoms with Gasteiger partial charge in [0.25, 0.3) is 11.8 Å². The maximum absolute atomic E-state index is 12.3. The third-order valence-corrected chi connectivity index (χ3v) is 5.52. The van der Waals surface area contributed by atoms with Crippen LogP contribution in [0.15, 0.2) is 33.3 Å². The quantitative estimate of drug-likeness (QED) is 0.516. The standard InChI is InChI=1S/C16H15Br2N5O2/c1-8-3-9(2)23(22-8)7-15(24)20-21-16(25)11-6-19-14-5-13(18)12(17)4-10(11)14/h3-6,19H,7H2,1-2H3,(H,20,24)(H,21,25). The highest BCUT2D eigenvalue weighted by Gasteiger charge is 2.15. The fraction of sp³-hybridized carbons (Fsp3) is 0.188. The van der Waals surface area contributed by atoms with Crippen molar-refractivity contribution >= 4 is 54.6 Å². The molecule has 0 spiro atoms. The van der Waals surface area contributed by atoms with E-state index in [1.165, 1.54) is 0 Å². The smallest absolute Gasteiger partial charge is 0.271 e. The lowest BCUT2D eigenvalue weighted by atomic mass is 10.2. The highest BCUT2D eigenvalue weighted by molar-refractivity contribution is 9.13. The molecule has 0 aliphatic carbocycles. The van der Waals surface area contributed by atoms with Crippen LogP contribution in [0.5, 0.6) is 0 Å². The Hall–Kier alpha value is -2.13. The van der Waals surface area contributed by atoms with Gasteiger partial charge in [-0.15, -0.1) is 0 Å². The van der Waals surface area contributed by atoms with E-state index in [4.69, 9.17) is 0 Å². The zero-order valence-corrected chi connectivity index (χ0v) is 16.7. The number of aromatic nitrogens is 3. The van der Waals surface area contributed by atoms with Crippen LogP contribution >= 0.6 is 31.9 Å². The first-order valence-electron chi connectivity index (χ1n) is 7.41. The zero-order chi connectivity index (χ0) is 18.1. The first-order valence-corrected chi connectivity index (χ1v) is 9.00. The molecule has 2 amide bonds. The Kier molecular flexibility index (Phi) is 4.96. The van der Waals surface area contributed by atoms with Crippen LogP contribution in [0.3, 0.4) is 0 Å². The second kappa shape index (κ2) is 7.01. The van der Waals surface area contributed by atoms with Gasteiger partial charge in [-0.1, -0.05) is 0 Å². The summed E-state index contributed by atoms with van der Waals surface area (Å²) < 4.78 is 3.30. The second-order valence-electron chi connectivity index (χ2n) is 5.60. The molecular weight excluding hydrogens is 454 g/mol. The van der Waals surface area contributed by atoms with Crippen LogP contribution in [0.2, 0.25) is 0 Å². The number of amides is 2. The molecular formula is C16H15Br2N5O2. The number of benzene rings is 1. The molecule has 2 heterocycles. The van der Waals surface area contributed by atoms with Crippen molar-refractivity contribution in [2.45, 2.75) is 20.4 Å². The molecule has 0 saturated carbocycles. The van der Waals surface area contributed by atoms with E-state index in [1.807, 2.05) is 32.0 Å². The molecule has 0 aliphatic rings. The van der Waals surface area contributed by atoms with Gasteiger partial charge in [0.1, 0.15) is 6.54 Å². The number of rotatable bonds is 3. The van der Waals surface area contributed by atoms with E-state index in [1.54, 1.807) is 10.9 Å². The lowest BCUT2D eigenvalue weighted by molar-refractivity contribution is -0.122. The van der Waals surface area contributed by atoms with Gasteiger partial charge in [-0.3, -0.25) is 25.1 Å². The number of hydrazine groups is 1. The summed E-state index contributed by atoms with van der Waals surface area (Å²) in [5, 5.41) is 4.96. The second-order valence-corrected chi connectivity index (χ2v) is 7.31. The Morgan fingerprint density at radius 1 is 1.16 bits per heavy atom. The Morgan fingerprint density at radius 2 is 1.88 bits per heavy atom. The molecule has 130 valence electrons. The molecule has 0 unspecified atom stereocenters. The predicted octanol–water partition coefficient (Wildman–Crippen LogP) is 2.97. The molecule has 3 rings (SSSR count). The van der Waals surface area contributed by atoms with Gasteiger partial charge in [0.2, 0.25) is 0 Å². The molecule has 25 heavy (non-hydrogen) atoms. The Balaban J connectivity index is 1.67. The van der Waals surface area contributed by atoms with E-state index in [9.17, 15) is 9.59 Å². The van der Waals surface area contributed by atoms with Crippen LogP contribution in [-0.4, -0.2) is 26.6 Å². The van der Waals surface area contributed by atoms with Crippen LogP contribution < -0.4 is 10.9 Å². The molecule has 0 fully saturated rings. The van der Waals surface area contributed by atoms with Crippen LogP contribution in [0.25, 0.3) is 10.9 Å². The molecule has 0 radical (unpaired) electrons. The Bertz CT molecular complexity index is 976. The van der Waals surface area contributed by atoms with Gasteiger partial charge < -0.3 is 4.98 Å². The van der Waals surface area contributed by atoms with Crippen LogP contribution in [0.1, 0.15) is 21.7 Å². The molecule has 3 N–H and O–H groups in total. The Labute approximate surface area is 160 Å². The maximum atomic E-state index is 12.3. The summed E-state index contributed by atoms with van der Waals surface area (Å²) in [5.41, 5.74) is 7.82. The molecule has 9 heteroatoms. The third kappa shape index (κ3) is 3.77. The molecule has 1 aromatic carbocycles. The average molecular weight is 469 g/mol. The molecule has 7 nitrogen and oxygen atoms in total. The van der Waals surface area contributed by atoms with Crippen molar-refractivity contribution in [3.8, 4) is 0 Å². The summed E-state index contributed by atoms with van der Waals surface area (Å²) >= 11 is 6.84. The van der Waals surface area contributed by atoms with Gasteiger partial charge in [-0.2, -0.15) is 5.10 Å². The highest BCUT2D eigenvalue weighted by atomic mass is 79.9. The van der Waals surface area contributed by atoms with E-state index in [2.05, 4.69) is 52.8 Å². The number of fused-ring (bicyclic) bond motifs is 1. The van der Waals surface area contributed by atoms with Gasteiger partial charge >= 0.3 is 0 Å². The van der Waals surface area contributed by atoms with Crippen molar-refractivity contribution < 1.29 is 9.59 Å². The number of hydrogen-bond donors (Lipinski definition) is 3. The normalized spacial score (nSPS) is 10.9. The lowest BCUT2D eigenvalue weighted by Gasteiger charge is -2.08. The van der Waals surface area contributed by atoms with E-state index in [0.717, 1.165) is 31.2 Å². The van der Waals surface area contributed by atoms with E-state index in [-0.39, 0.29) is 12.5 Å². The summed E-state index contributed by atoms with van der Waals surface area (Å²) in [6.45, 7) is 3.76. The maximum Gasteiger partial charge on any atom is 0.271 e. The molecule has 3 aromatic rings. The molecule has 2 aromatic heterocycles. The number of aryl methyl sites for hydroxylation is 2. The van der Waals surface area contributed by atoms with Crippen molar-refractivity contribution in [2.75, 3.05) is 0 Å². The predicted molar refractivity (Wildman–Crippen MR) is 101 cm³/mol. The van der Waals surface area contributed by atoms with Crippen molar-refractivity contribution in [3.05, 3.63) is 50.3 Å². The monoisotopic (exact) mass is 467 g/mol. The van der Waals surface area contributed by atoms with Crippen molar-refractivity contribution in [1.29, 1.82) is 0 Å². The topological polar surface area (TPSA) is 91.8 Å². The number of carbonyl (C=O) groups excluding carboxylic acids is 2. The van der Waals surface area contributed by atoms with Crippen molar-refractivity contribution in [3.63, 3.8) is 0 Å². The third-order valence-electron chi connectivity index (χ3n) is 3.68. The highest BCUT2D eigenvalue weighted by Crippen LogP contribution is 2.29. The summed E-state index contributed by atoms with van der Waals surface area (Å²) in [6, 6.07) is 5.59. The SMILES string of the molecule is Cc1cc(C)n(CC(=O)NNC(=O)c2c[nH]c3cc(Br)c(Br)cc23)n1. The molecule has 0 atom stereocenters. The Morgan fingerprint density at radius 3 is 2.56 bits per heavy atom. The van der Waals surface area contributed by atoms with Gasteiger partial charge in [0.05, 0.1) is 11.3 Å². The number of carbonyl (C=O) groups is 2. The number of aromatic amines is 1. The van der Waals surface area contributed by atoms with E-state index in [0.29, 0.717) is 5.56 Å². The number of nitrogens with zero attached hydrogens (tertiary/aromatic N) is 2. The minimum absolute atomic E-state index is 0.0341. The number of H-pyrrole nitrogens is 1. The number of hydrogen-bond acceptors (Lipinski definition) is 3. The summed E-state index contributed by atoms with van der Waals surface area (Å²) in [6.07, 6.45) is 1.60. The number of nitrogens with one attached hydrogen (secondary N) is 3. The van der Waals surface area contributed by atoms with Crippen LogP contribution in [0.4, 0.5) is 0 Å².